The van der Waals surface area contributed by atoms with E-state index in [2.05, 4.69) is 0 Å². The lowest BCUT2D eigenvalue weighted by molar-refractivity contribution is -0.126. The van der Waals surface area contributed by atoms with Crippen LogP contribution in [0.15, 0.2) is 30.3 Å². The highest BCUT2D eigenvalue weighted by molar-refractivity contribution is 5.81. The fourth-order valence-corrected chi connectivity index (χ4v) is 1.37. The Morgan fingerprint density at radius 2 is 1.79 bits per heavy atom. The predicted molar refractivity (Wildman–Crippen MR) is 57.8 cm³/mol. The topological polar surface area (TPSA) is 43.1 Å². The number of primary amides is 1. The Morgan fingerprint density at radius 3 is 2.21 bits per heavy atom. The van der Waals surface area contributed by atoms with Crippen molar-refractivity contribution in [3.63, 3.8) is 0 Å². The average molecular weight is 191 g/mol. The predicted octanol–water partition coefficient (Wildman–Crippen LogP) is 2.30. The molecule has 0 aliphatic carbocycles. The monoisotopic (exact) mass is 191 g/mol. The van der Waals surface area contributed by atoms with Crippen LogP contribution < -0.4 is 5.73 Å². The molecule has 2 nitrogen and oxygen atoms in total. The van der Waals surface area contributed by atoms with E-state index in [4.69, 9.17) is 5.73 Å². The van der Waals surface area contributed by atoms with Crippen LogP contribution in [0.3, 0.4) is 0 Å². The quantitative estimate of drug-likeness (QED) is 0.782. The molecule has 2 heteroatoms. The molecule has 0 aliphatic rings. The van der Waals surface area contributed by atoms with E-state index in [9.17, 15) is 4.79 Å². The van der Waals surface area contributed by atoms with Gasteiger partial charge in [0.15, 0.2) is 0 Å². The summed E-state index contributed by atoms with van der Waals surface area (Å²) in [6, 6.07) is 9.96. The third-order valence-electron chi connectivity index (χ3n) is 3.02. The summed E-state index contributed by atoms with van der Waals surface area (Å²) < 4.78 is 0. The molecule has 0 fully saturated rings. The first-order valence-electron chi connectivity index (χ1n) is 4.81. The molecule has 0 heterocycles. The van der Waals surface area contributed by atoms with Gasteiger partial charge in [-0.05, 0) is 11.5 Å². The summed E-state index contributed by atoms with van der Waals surface area (Å²) in [5.41, 5.74) is 6.02. The number of nitrogens with two attached hydrogens (primary N) is 1. The van der Waals surface area contributed by atoms with Gasteiger partial charge in [-0.15, -0.1) is 0 Å². The zero-order chi connectivity index (χ0) is 10.8. The van der Waals surface area contributed by atoms with Crippen molar-refractivity contribution >= 4 is 5.91 Å². The lowest BCUT2D eigenvalue weighted by Crippen LogP contribution is -2.35. The highest BCUT2D eigenvalue weighted by Crippen LogP contribution is 2.34. The van der Waals surface area contributed by atoms with E-state index in [0.717, 1.165) is 5.56 Å². The summed E-state index contributed by atoms with van der Waals surface area (Å²) in [5.74, 6) is -0.116. The van der Waals surface area contributed by atoms with Crippen LogP contribution in [0.4, 0.5) is 0 Å². The summed E-state index contributed by atoms with van der Waals surface area (Å²) in [6.07, 6.45) is 0. The van der Waals surface area contributed by atoms with E-state index in [-0.39, 0.29) is 11.8 Å². The summed E-state index contributed by atoms with van der Waals surface area (Å²) in [4.78, 5) is 11.3. The first kappa shape index (κ1) is 10.8. The van der Waals surface area contributed by atoms with Gasteiger partial charge in [-0.2, -0.15) is 0 Å². The van der Waals surface area contributed by atoms with Gasteiger partial charge in [0.1, 0.15) is 0 Å². The van der Waals surface area contributed by atoms with Gasteiger partial charge in [0, 0.05) is 5.41 Å². The molecule has 0 spiro atoms. The van der Waals surface area contributed by atoms with Gasteiger partial charge < -0.3 is 5.73 Å². The molecule has 1 aromatic carbocycles. The van der Waals surface area contributed by atoms with Crippen LogP contribution in [0.2, 0.25) is 0 Å². The summed E-state index contributed by atoms with van der Waals surface area (Å²) in [5, 5.41) is 0. The lowest BCUT2D eigenvalue weighted by atomic mass is 9.75. The first-order valence-corrected chi connectivity index (χ1v) is 4.81. The van der Waals surface area contributed by atoms with E-state index in [1.807, 2.05) is 51.1 Å². The molecule has 0 aromatic heterocycles. The Hall–Kier alpha value is -1.31. The Bertz CT molecular complexity index is 316. The molecule has 2 N–H and O–H groups in total. The number of benzene rings is 1. The van der Waals surface area contributed by atoms with Gasteiger partial charge in [-0.25, -0.2) is 0 Å². The van der Waals surface area contributed by atoms with Crippen LogP contribution in [0.1, 0.15) is 32.3 Å². The minimum Gasteiger partial charge on any atom is -0.369 e. The summed E-state index contributed by atoms with van der Waals surface area (Å²) in [7, 11) is 0. The second kappa shape index (κ2) is 3.82. The third kappa shape index (κ3) is 1.95. The molecule has 0 aliphatic heterocycles. The van der Waals surface area contributed by atoms with Crippen LogP contribution in [0, 0.1) is 5.41 Å². The van der Waals surface area contributed by atoms with Crippen LogP contribution >= 0.6 is 0 Å². The standard InChI is InChI=1S/C12H17NO/c1-9(12(2,3)11(13)14)10-7-5-4-6-8-10/h4-9H,1-3H3,(H2,13,14). The average Bonchev–Trinajstić information content (AvgIpc) is 2.17. The van der Waals surface area contributed by atoms with Crippen molar-refractivity contribution < 1.29 is 4.79 Å². The first-order chi connectivity index (χ1) is 6.46. The second-order valence-corrected chi connectivity index (χ2v) is 4.22. The normalized spacial score (nSPS) is 13.6. The van der Waals surface area contributed by atoms with Crippen LogP contribution in [-0.2, 0) is 4.79 Å². The minimum atomic E-state index is -0.499. The summed E-state index contributed by atoms with van der Waals surface area (Å²) >= 11 is 0. The van der Waals surface area contributed by atoms with E-state index in [1.54, 1.807) is 0 Å². The van der Waals surface area contributed by atoms with Crippen molar-refractivity contribution in [1.82, 2.24) is 0 Å². The molecule has 1 amide bonds. The van der Waals surface area contributed by atoms with Crippen molar-refractivity contribution in [2.45, 2.75) is 26.7 Å². The second-order valence-electron chi connectivity index (χ2n) is 4.22. The molecule has 14 heavy (non-hydrogen) atoms. The smallest absolute Gasteiger partial charge is 0.223 e. The molecule has 0 saturated heterocycles. The molecule has 0 bridgehead atoms. The maximum Gasteiger partial charge on any atom is 0.223 e. The number of carbonyl (C=O) groups excluding carboxylic acids is 1. The van der Waals surface area contributed by atoms with Crippen LogP contribution in [0.25, 0.3) is 0 Å². The van der Waals surface area contributed by atoms with Gasteiger partial charge in [0.2, 0.25) is 5.91 Å². The van der Waals surface area contributed by atoms with Gasteiger partial charge >= 0.3 is 0 Å². The highest BCUT2D eigenvalue weighted by atomic mass is 16.1. The van der Waals surface area contributed by atoms with Gasteiger partial charge in [0.25, 0.3) is 0 Å². The molecular weight excluding hydrogens is 174 g/mol. The van der Waals surface area contributed by atoms with Gasteiger partial charge in [-0.3, -0.25) is 4.79 Å². The van der Waals surface area contributed by atoms with E-state index < -0.39 is 5.41 Å². The maximum atomic E-state index is 11.3. The molecule has 0 saturated carbocycles. The van der Waals surface area contributed by atoms with E-state index >= 15 is 0 Å². The maximum absolute atomic E-state index is 11.3. The number of hydrogen-bond donors (Lipinski definition) is 1. The molecule has 1 aromatic rings. The Kier molecular flexibility index (Phi) is 2.94. The van der Waals surface area contributed by atoms with E-state index in [1.165, 1.54) is 0 Å². The molecular formula is C12H17NO. The number of carbonyl (C=O) groups is 1. The third-order valence-corrected chi connectivity index (χ3v) is 3.02. The zero-order valence-electron chi connectivity index (χ0n) is 8.95. The fourth-order valence-electron chi connectivity index (χ4n) is 1.37. The van der Waals surface area contributed by atoms with Gasteiger partial charge in [-0.1, -0.05) is 51.1 Å². The fraction of sp³-hybridized carbons (Fsp3) is 0.417. The SMILES string of the molecule is CC(c1ccccc1)C(C)(C)C(N)=O. The van der Waals surface area contributed by atoms with Crippen LogP contribution in [0.5, 0.6) is 0 Å². The van der Waals surface area contributed by atoms with Gasteiger partial charge in [0.05, 0.1) is 0 Å². The zero-order valence-corrected chi connectivity index (χ0v) is 8.95. The Labute approximate surface area is 85.1 Å². The van der Waals surface area contributed by atoms with Crippen molar-refractivity contribution in [2.75, 3.05) is 0 Å². The molecule has 76 valence electrons. The largest absolute Gasteiger partial charge is 0.369 e. The van der Waals surface area contributed by atoms with Crippen molar-refractivity contribution in [1.29, 1.82) is 0 Å². The Balaban J connectivity index is 2.96. The summed E-state index contributed by atoms with van der Waals surface area (Å²) in [6.45, 7) is 5.79. The molecule has 1 unspecified atom stereocenters. The number of rotatable bonds is 3. The van der Waals surface area contributed by atoms with E-state index in [0.29, 0.717) is 0 Å². The lowest BCUT2D eigenvalue weighted by Gasteiger charge is -2.28. The van der Waals surface area contributed by atoms with Crippen molar-refractivity contribution in [3.8, 4) is 0 Å². The van der Waals surface area contributed by atoms with Crippen molar-refractivity contribution in [2.24, 2.45) is 11.1 Å². The van der Waals surface area contributed by atoms with Crippen molar-refractivity contribution in [3.05, 3.63) is 35.9 Å². The molecule has 1 atom stereocenters. The minimum absolute atomic E-state index is 0.140. The molecule has 1 rings (SSSR count). The molecule has 0 radical (unpaired) electrons. The van der Waals surface area contributed by atoms with Crippen LogP contribution in [-0.4, -0.2) is 5.91 Å². The highest BCUT2D eigenvalue weighted by Gasteiger charge is 2.32. The Morgan fingerprint density at radius 1 is 1.29 bits per heavy atom. The number of hydrogen-bond acceptors (Lipinski definition) is 1. The number of amides is 1.